The van der Waals surface area contributed by atoms with E-state index in [2.05, 4.69) is 27.9 Å². The third-order valence-electron chi connectivity index (χ3n) is 3.76. The molecule has 2 aromatic rings. The van der Waals surface area contributed by atoms with Crippen molar-refractivity contribution in [3.63, 3.8) is 0 Å². The number of fused-ring (bicyclic) bond motifs is 1. The van der Waals surface area contributed by atoms with Crippen LogP contribution in [0.3, 0.4) is 0 Å². The van der Waals surface area contributed by atoms with Crippen molar-refractivity contribution in [2.75, 3.05) is 18.5 Å². The van der Waals surface area contributed by atoms with Crippen LogP contribution in [0.5, 0.6) is 17.2 Å². The van der Waals surface area contributed by atoms with Crippen LogP contribution >= 0.6 is 22.6 Å². The number of nitrogens with one attached hydrogen (secondary N) is 1. The first-order valence-electron chi connectivity index (χ1n) is 8.19. The number of hydrogen-bond acceptors (Lipinski definition) is 4. The Hall–Kier alpha value is -1.96. The van der Waals surface area contributed by atoms with Crippen molar-refractivity contribution in [2.45, 2.75) is 26.4 Å². The zero-order valence-corrected chi connectivity index (χ0v) is 16.3. The van der Waals surface area contributed by atoms with Gasteiger partial charge in [-0.05, 0) is 66.8 Å². The molecule has 0 unspecified atom stereocenters. The molecule has 1 heterocycles. The predicted octanol–water partition coefficient (Wildman–Crippen LogP) is 4.03. The third-order valence-corrected chi connectivity index (χ3v) is 4.47. The smallest absolute Gasteiger partial charge is 0.262 e. The summed E-state index contributed by atoms with van der Waals surface area (Å²) in [5.74, 6) is 1.86. The van der Waals surface area contributed by atoms with Gasteiger partial charge in [-0.15, -0.1) is 0 Å². The van der Waals surface area contributed by atoms with E-state index in [1.807, 2.05) is 50.2 Å². The van der Waals surface area contributed by atoms with Crippen molar-refractivity contribution in [1.82, 2.24) is 0 Å². The number of carbonyl (C=O) groups is 1. The van der Waals surface area contributed by atoms with E-state index in [-0.39, 0.29) is 18.6 Å². The van der Waals surface area contributed by atoms with E-state index < -0.39 is 0 Å². The van der Waals surface area contributed by atoms with E-state index in [0.717, 1.165) is 21.3 Å². The Morgan fingerprint density at radius 3 is 2.76 bits per heavy atom. The largest absolute Gasteiger partial charge is 0.492 e. The van der Waals surface area contributed by atoms with Gasteiger partial charge in [0.15, 0.2) is 6.61 Å². The molecule has 1 N–H and O–H groups in total. The number of rotatable bonds is 6. The maximum atomic E-state index is 12.2. The van der Waals surface area contributed by atoms with Crippen LogP contribution < -0.4 is 19.5 Å². The van der Waals surface area contributed by atoms with Crippen LogP contribution in [0.1, 0.15) is 19.4 Å². The zero-order valence-electron chi connectivity index (χ0n) is 14.2. The highest BCUT2D eigenvalue weighted by Gasteiger charge is 2.22. The molecule has 5 nitrogen and oxygen atoms in total. The molecule has 6 heteroatoms. The molecular formula is C19H20INO4. The number of halogens is 1. The lowest BCUT2D eigenvalue weighted by atomic mass is 10.1. The van der Waals surface area contributed by atoms with Crippen molar-refractivity contribution in [3.8, 4) is 17.2 Å². The summed E-state index contributed by atoms with van der Waals surface area (Å²) in [6, 6.07) is 11.3. The minimum atomic E-state index is -0.245. The van der Waals surface area contributed by atoms with Gasteiger partial charge in [0.25, 0.3) is 5.91 Å². The summed E-state index contributed by atoms with van der Waals surface area (Å²) < 4.78 is 18.1. The highest BCUT2D eigenvalue weighted by atomic mass is 127. The maximum absolute atomic E-state index is 12.2. The van der Waals surface area contributed by atoms with E-state index in [1.165, 1.54) is 0 Å². The fraction of sp³-hybridized carbons (Fsp3) is 0.316. The van der Waals surface area contributed by atoms with Crippen LogP contribution in [0.25, 0.3) is 0 Å². The van der Waals surface area contributed by atoms with Gasteiger partial charge < -0.3 is 19.5 Å². The Bertz CT molecular complexity index is 761. The molecule has 2 aromatic carbocycles. The van der Waals surface area contributed by atoms with Gasteiger partial charge in [-0.1, -0.05) is 0 Å². The Kier molecular flexibility index (Phi) is 5.67. The first kappa shape index (κ1) is 17.8. The lowest BCUT2D eigenvalue weighted by molar-refractivity contribution is -0.118. The average Bonchev–Trinajstić information content (AvgIpc) is 2.94. The zero-order chi connectivity index (χ0) is 17.8. The van der Waals surface area contributed by atoms with Crippen LogP contribution in [0.15, 0.2) is 36.4 Å². The molecule has 1 aliphatic rings. The molecule has 1 amide bonds. The molecule has 1 aliphatic heterocycles. The second-order valence-electron chi connectivity index (χ2n) is 5.81. The number of carbonyl (C=O) groups excluding carboxylic acids is 1. The molecule has 0 aromatic heterocycles. The van der Waals surface area contributed by atoms with Gasteiger partial charge in [0, 0.05) is 21.6 Å². The molecule has 0 fully saturated rings. The van der Waals surface area contributed by atoms with Crippen LogP contribution in [0.2, 0.25) is 0 Å². The molecule has 0 bridgehead atoms. The summed E-state index contributed by atoms with van der Waals surface area (Å²) >= 11 is 2.22. The molecule has 0 saturated heterocycles. The number of amides is 1. The summed E-state index contributed by atoms with van der Waals surface area (Å²) in [5.41, 5.74) is 1.70. The minimum absolute atomic E-state index is 0.0689. The Balaban J connectivity index is 1.67. The van der Waals surface area contributed by atoms with Crippen LogP contribution in [-0.2, 0) is 11.2 Å². The number of ether oxygens (including phenoxy) is 3. The fourth-order valence-electron chi connectivity index (χ4n) is 2.68. The van der Waals surface area contributed by atoms with Crippen molar-refractivity contribution in [2.24, 2.45) is 0 Å². The first-order chi connectivity index (χ1) is 12.0. The topological polar surface area (TPSA) is 56.8 Å². The van der Waals surface area contributed by atoms with E-state index in [4.69, 9.17) is 14.2 Å². The van der Waals surface area contributed by atoms with Gasteiger partial charge >= 0.3 is 0 Å². The normalized spacial score (nSPS) is 15.2. The van der Waals surface area contributed by atoms with E-state index in [0.29, 0.717) is 23.8 Å². The maximum Gasteiger partial charge on any atom is 0.262 e. The van der Waals surface area contributed by atoms with Gasteiger partial charge in [0.1, 0.15) is 23.4 Å². The van der Waals surface area contributed by atoms with Gasteiger partial charge in [-0.3, -0.25) is 4.79 Å². The van der Waals surface area contributed by atoms with E-state index >= 15 is 0 Å². The molecular weight excluding hydrogens is 433 g/mol. The highest BCUT2D eigenvalue weighted by Crippen LogP contribution is 2.38. The van der Waals surface area contributed by atoms with Crippen molar-refractivity contribution in [1.29, 1.82) is 0 Å². The Labute approximate surface area is 160 Å². The molecule has 1 atom stereocenters. The van der Waals surface area contributed by atoms with E-state index in [9.17, 15) is 4.79 Å². The third kappa shape index (κ3) is 4.56. The Morgan fingerprint density at radius 2 is 2.04 bits per heavy atom. The van der Waals surface area contributed by atoms with Crippen molar-refractivity contribution in [3.05, 3.63) is 45.5 Å². The minimum Gasteiger partial charge on any atom is -0.492 e. The number of benzene rings is 2. The average molecular weight is 453 g/mol. The van der Waals surface area contributed by atoms with Gasteiger partial charge in [0.2, 0.25) is 0 Å². The summed E-state index contributed by atoms with van der Waals surface area (Å²) in [5, 5.41) is 2.85. The second-order valence-corrected chi connectivity index (χ2v) is 7.06. The molecule has 0 spiro atoms. The second kappa shape index (κ2) is 7.95. The molecule has 0 radical (unpaired) electrons. The summed E-state index contributed by atoms with van der Waals surface area (Å²) in [6.07, 6.45) is 0.985. The molecule has 132 valence electrons. The SMILES string of the molecule is CCOc1cc2c(cc1NC(=O)COc1ccc(I)cc1)O[C@@H](C)C2. The van der Waals surface area contributed by atoms with Crippen LogP contribution in [0.4, 0.5) is 5.69 Å². The molecule has 3 rings (SSSR count). The quantitative estimate of drug-likeness (QED) is 0.672. The Morgan fingerprint density at radius 1 is 1.28 bits per heavy atom. The van der Waals surface area contributed by atoms with Gasteiger partial charge in [-0.2, -0.15) is 0 Å². The van der Waals surface area contributed by atoms with Crippen LogP contribution in [0, 0.1) is 3.57 Å². The highest BCUT2D eigenvalue weighted by molar-refractivity contribution is 14.1. The standard InChI is InChI=1S/C19H20INO4/c1-3-23-18-9-13-8-12(2)25-17(13)10-16(18)21-19(22)11-24-15-6-4-14(20)5-7-15/h4-7,9-10,12H,3,8,11H2,1-2H3,(H,21,22)/t12-/m0/s1. The molecule has 0 saturated carbocycles. The van der Waals surface area contributed by atoms with Crippen molar-refractivity contribution >= 4 is 34.2 Å². The fourth-order valence-corrected chi connectivity index (χ4v) is 3.04. The first-order valence-corrected chi connectivity index (χ1v) is 9.27. The summed E-state index contributed by atoms with van der Waals surface area (Å²) in [7, 11) is 0. The van der Waals surface area contributed by atoms with Crippen LogP contribution in [-0.4, -0.2) is 25.2 Å². The van der Waals surface area contributed by atoms with Gasteiger partial charge in [0.05, 0.1) is 12.3 Å². The summed E-state index contributed by atoms with van der Waals surface area (Å²) in [6.45, 7) is 4.39. The summed E-state index contributed by atoms with van der Waals surface area (Å²) in [4.78, 5) is 12.2. The van der Waals surface area contributed by atoms with E-state index in [1.54, 1.807) is 0 Å². The monoisotopic (exact) mass is 453 g/mol. The lowest BCUT2D eigenvalue weighted by Crippen LogP contribution is -2.20. The number of hydrogen-bond donors (Lipinski definition) is 1. The molecule has 25 heavy (non-hydrogen) atoms. The molecule has 0 aliphatic carbocycles. The van der Waals surface area contributed by atoms with Gasteiger partial charge in [-0.25, -0.2) is 0 Å². The predicted molar refractivity (Wildman–Crippen MR) is 105 cm³/mol. The number of anilines is 1. The van der Waals surface area contributed by atoms with Crippen molar-refractivity contribution < 1.29 is 19.0 Å². The lowest BCUT2D eigenvalue weighted by Gasteiger charge is -2.14.